The van der Waals surface area contributed by atoms with Crippen LogP contribution in [0.2, 0.25) is 0 Å². The lowest BCUT2D eigenvalue weighted by molar-refractivity contribution is -0.484. The van der Waals surface area contributed by atoms with E-state index in [1.165, 1.54) is 0 Å². The van der Waals surface area contributed by atoms with Crippen LogP contribution < -0.4 is 5.32 Å². The number of amides is 1. The summed E-state index contributed by atoms with van der Waals surface area (Å²) in [6, 6.07) is 7.41. The van der Waals surface area contributed by atoms with E-state index in [0.29, 0.717) is 0 Å². The highest BCUT2D eigenvalue weighted by Gasteiger charge is 2.38. The first-order chi connectivity index (χ1) is 10.1. The predicted octanol–water partition coefficient (Wildman–Crippen LogP) is 3.59. The Bertz CT molecular complexity index is 516. The van der Waals surface area contributed by atoms with Crippen molar-refractivity contribution in [1.82, 2.24) is 0 Å². The van der Waals surface area contributed by atoms with E-state index >= 15 is 0 Å². The summed E-state index contributed by atoms with van der Waals surface area (Å²) < 4.78 is 0. The van der Waals surface area contributed by atoms with Gasteiger partial charge in [0.05, 0.1) is 11.8 Å². The Balaban J connectivity index is 2.17. The van der Waals surface area contributed by atoms with Crippen LogP contribution in [0.4, 0.5) is 5.69 Å². The Morgan fingerprint density at radius 2 is 1.95 bits per heavy atom. The molecule has 1 aliphatic rings. The van der Waals surface area contributed by atoms with Gasteiger partial charge in [-0.1, -0.05) is 50.8 Å². The number of rotatable bonds is 7. The Kier molecular flexibility index (Phi) is 5.31. The summed E-state index contributed by atoms with van der Waals surface area (Å²) in [5.41, 5.74) is 1.62. The molecular formula is C16H22N2O3. The lowest BCUT2D eigenvalue weighted by atomic mass is 9.79. The van der Waals surface area contributed by atoms with Gasteiger partial charge in [-0.2, -0.15) is 0 Å². The summed E-state index contributed by atoms with van der Waals surface area (Å²) in [6.45, 7) is 1.96. The minimum atomic E-state index is -0.313. The predicted molar refractivity (Wildman–Crippen MR) is 81.9 cm³/mol. The molecule has 0 unspecified atom stereocenters. The highest BCUT2D eigenvalue weighted by molar-refractivity contribution is 5.96. The normalized spacial score (nSPS) is 20.7. The van der Waals surface area contributed by atoms with Gasteiger partial charge in [0.15, 0.2) is 0 Å². The van der Waals surface area contributed by atoms with Gasteiger partial charge in [0.25, 0.3) is 0 Å². The molecule has 5 nitrogen and oxygen atoms in total. The molecule has 21 heavy (non-hydrogen) atoms. The molecule has 0 bridgehead atoms. The van der Waals surface area contributed by atoms with Crippen molar-refractivity contribution in [3.05, 3.63) is 39.9 Å². The maximum Gasteiger partial charge on any atom is 0.228 e. The molecule has 1 heterocycles. The maximum absolute atomic E-state index is 12.3. The van der Waals surface area contributed by atoms with Gasteiger partial charge in [-0.05, 0) is 18.1 Å². The quantitative estimate of drug-likeness (QED) is 0.474. The van der Waals surface area contributed by atoms with E-state index in [1.54, 1.807) is 0 Å². The second kappa shape index (κ2) is 7.20. The fourth-order valence-corrected chi connectivity index (χ4v) is 3.07. The molecule has 114 valence electrons. The first-order valence-electron chi connectivity index (χ1n) is 7.65. The van der Waals surface area contributed by atoms with Crippen molar-refractivity contribution in [3.63, 3.8) is 0 Å². The summed E-state index contributed by atoms with van der Waals surface area (Å²) in [4.78, 5) is 23.0. The zero-order valence-electron chi connectivity index (χ0n) is 12.4. The number of fused-ring (bicyclic) bond motifs is 1. The van der Waals surface area contributed by atoms with E-state index in [1.807, 2.05) is 24.3 Å². The lowest BCUT2D eigenvalue weighted by Gasteiger charge is -2.30. The standard InChI is InChI=1S/C16H22N2O3/c1-2-3-4-5-9-13-14(11-18(20)21)12-8-6-7-10-15(12)17-16(13)19/h6-8,10,13-14H,2-5,9,11H2,1H3,(H,17,19)/t13-,14-/m0/s1. The number of para-hydroxylation sites is 1. The maximum atomic E-state index is 12.3. The van der Waals surface area contributed by atoms with Gasteiger partial charge in [0.1, 0.15) is 0 Å². The number of carbonyl (C=O) groups excluding carboxylic acids is 1. The van der Waals surface area contributed by atoms with Gasteiger partial charge in [0, 0.05) is 10.6 Å². The minimum Gasteiger partial charge on any atom is -0.326 e. The van der Waals surface area contributed by atoms with Crippen LogP contribution in [0.1, 0.15) is 50.5 Å². The molecular weight excluding hydrogens is 268 g/mol. The molecule has 1 amide bonds. The largest absolute Gasteiger partial charge is 0.326 e. The number of unbranched alkanes of at least 4 members (excludes halogenated alkanes) is 3. The van der Waals surface area contributed by atoms with Crippen molar-refractivity contribution < 1.29 is 9.72 Å². The molecule has 1 aromatic carbocycles. The number of benzene rings is 1. The van der Waals surface area contributed by atoms with Crippen molar-refractivity contribution in [1.29, 1.82) is 0 Å². The highest BCUT2D eigenvalue weighted by Crippen LogP contribution is 2.38. The first kappa shape index (κ1) is 15.5. The van der Waals surface area contributed by atoms with Gasteiger partial charge in [0.2, 0.25) is 12.5 Å². The Morgan fingerprint density at radius 3 is 2.67 bits per heavy atom. The van der Waals surface area contributed by atoms with E-state index < -0.39 is 0 Å². The molecule has 2 atom stereocenters. The molecule has 1 aliphatic heterocycles. The summed E-state index contributed by atoms with van der Waals surface area (Å²) >= 11 is 0. The summed E-state index contributed by atoms with van der Waals surface area (Å²) in [5, 5.41) is 13.9. The molecule has 5 heteroatoms. The van der Waals surface area contributed by atoms with Crippen LogP contribution in [0.5, 0.6) is 0 Å². The van der Waals surface area contributed by atoms with Crippen molar-refractivity contribution in [2.45, 2.75) is 44.9 Å². The molecule has 1 aromatic rings. The molecule has 2 rings (SSSR count). The van der Waals surface area contributed by atoms with E-state index in [4.69, 9.17) is 0 Å². The van der Waals surface area contributed by atoms with Crippen LogP contribution in [0.25, 0.3) is 0 Å². The Hall–Kier alpha value is -1.91. The third kappa shape index (κ3) is 3.80. The Labute approximate surface area is 124 Å². The third-order valence-corrected chi connectivity index (χ3v) is 4.16. The van der Waals surface area contributed by atoms with Crippen molar-refractivity contribution in [2.24, 2.45) is 5.92 Å². The highest BCUT2D eigenvalue weighted by atomic mass is 16.6. The van der Waals surface area contributed by atoms with E-state index in [0.717, 1.165) is 43.4 Å². The Morgan fingerprint density at radius 1 is 1.19 bits per heavy atom. The van der Waals surface area contributed by atoms with Crippen molar-refractivity contribution in [2.75, 3.05) is 11.9 Å². The topological polar surface area (TPSA) is 72.2 Å². The van der Waals surface area contributed by atoms with Crippen molar-refractivity contribution in [3.8, 4) is 0 Å². The minimum absolute atomic E-state index is 0.0722. The molecule has 0 saturated carbocycles. The molecule has 0 spiro atoms. The fourth-order valence-electron chi connectivity index (χ4n) is 3.07. The van der Waals surface area contributed by atoms with Crippen LogP contribution in [0.3, 0.4) is 0 Å². The van der Waals surface area contributed by atoms with Gasteiger partial charge < -0.3 is 5.32 Å². The first-order valence-corrected chi connectivity index (χ1v) is 7.65. The van der Waals surface area contributed by atoms with E-state index in [2.05, 4.69) is 12.2 Å². The molecule has 0 saturated heterocycles. The number of hydrogen-bond acceptors (Lipinski definition) is 3. The molecule has 1 N–H and O–H groups in total. The van der Waals surface area contributed by atoms with Gasteiger partial charge in [-0.3, -0.25) is 14.9 Å². The molecule has 0 aliphatic carbocycles. The average Bonchev–Trinajstić information content (AvgIpc) is 2.45. The summed E-state index contributed by atoms with van der Waals surface area (Å²) in [7, 11) is 0. The lowest BCUT2D eigenvalue weighted by Crippen LogP contribution is -2.36. The SMILES string of the molecule is CCCCCC[C@@H]1C(=O)Nc2ccccc2[C@@H]1C[N+](=O)[O-]. The number of carbonyl (C=O) groups is 1. The zero-order chi connectivity index (χ0) is 15.2. The second-order valence-corrected chi connectivity index (χ2v) is 5.65. The fraction of sp³-hybridized carbons (Fsp3) is 0.562. The number of hydrogen-bond donors (Lipinski definition) is 1. The van der Waals surface area contributed by atoms with Gasteiger partial charge >= 0.3 is 0 Å². The van der Waals surface area contributed by atoms with Gasteiger partial charge in [-0.15, -0.1) is 0 Å². The van der Waals surface area contributed by atoms with E-state index in [9.17, 15) is 14.9 Å². The van der Waals surface area contributed by atoms with Crippen LogP contribution >= 0.6 is 0 Å². The van der Waals surface area contributed by atoms with Crippen LogP contribution in [0.15, 0.2) is 24.3 Å². The van der Waals surface area contributed by atoms with Crippen LogP contribution in [-0.2, 0) is 4.79 Å². The number of nitro groups is 1. The molecule has 0 fully saturated rings. The summed E-state index contributed by atoms with van der Waals surface area (Å²) in [5.74, 6) is -0.675. The second-order valence-electron chi connectivity index (χ2n) is 5.65. The third-order valence-electron chi connectivity index (χ3n) is 4.16. The van der Waals surface area contributed by atoms with Crippen LogP contribution in [-0.4, -0.2) is 17.4 Å². The van der Waals surface area contributed by atoms with Crippen LogP contribution in [0, 0.1) is 16.0 Å². The number of nitrogens with one attached hydrogen (secondary N) is 1. The summed E-state index contributed by atoms with van der Waals surface area (Å²) in [6.07, 6.45) is 5.02. The number of anilines is 1. The average molecular weight is 290 g/mol. The molecule has 0 aromatic heterocycles. The molecule has 0 radical (unpaired) electrons. The zero-order valence-corrected chi connectivity index (χ0v) is 12.4. The number of nitrogens with zero attached hydrogens (tertiary/aromatic N) is 1. The smallest absolute Gasteiger partial charge is 0.228 e. The van der Waals surface area contributed by atoms with Crippen molar-refractivity contribution >= 4 is 11.6 Å². The van der Waals surface area contributed by atoms with Gasteiger partial charge in [-0.25, -0.2) is 0 Å². The van der Waals surface area contributed by atoms with E-state index in [-0.39, 0.29) is 29.2 Å². The monoisotopic (exact) mass is 290 g/mol.